The average Bonchev–Trinajstić information content (AvgIpc) is 2.95. The van der Waals surface area contributed by atoms with E-state index in [1.54, 1.807) is 19.2 Å². The minimum absolute atomic E-state index is 0.0577. The largest absolute Gasteiger partial charge is 0.487 e. The number of ether oxygens (including phenoxy) is 1. The molecule has 0 aliphatic heterocycles. The summed E-state index contributed by atoms with van der Waals surface area (Å²) in [5, 5.41) is 3.31. The summed E-state index contributed by atoms with van der Waals surface area (Å²) in [6, 6.07) is 10.6. The highest BCUT2D eigenvalue weighted by atomic mass is 16.5. The van der Waals surface area contributed by atoms with Gasteiger partial charge in [-0.25, -0.2) is 0 Å². The summed E-state index contributed by atoms with van der Waals surface area (Å²) in [5.41, 5.74) is 0.999. The van der Waals surface area contributed by atoms with E-state index in [1.165, 1.54) is 15.3 Å². The van der Waals surface area contributed by atoms with Crippen molar-refractivity contribution in [2.24, 2.45) is 12.0 Å². The van der Waals surface area contributed by atoms with Gasteiger partial charge in [-0.2, -0.15) is 0 Å². The molecule has 0 unspecified atom stereocenters. The molecule has 2 heterocycles. The SMILES string of the molecule is C=C/C=C(/Cn1c(COc2ccccc2)c2c(=O)n(C)[nH]c2cc1=O)N=C. The fourth-order valence-electron chi connectivity index (χ4n) is 2.87. The van der Waals surface area contributed by atoms with Crippen molar-refractivity contribution in [3.8, 4) is 5.75 Å². The summed E-state index contributed by atoms with van der Waals surface area (Å²) in [4.78, 5) is 29.2. The van der Waals surface area contributed by atoms with Gasteiger partial charge in [-0.3, -0.25) is 24.4 Å². The van der Waals surface area contributed by atoms with Crippen molar-refractivity contribution in [1.82, 2.24) is 14.3 Å². The number of aromatic amines is 1. The average molecular weight is 364 g/mol. The summed E-state index contributed by atoms with van der Waals surface area (Å²) in [6.07, 6.45) is 3.24. The molecule has 0 fully saturated rings. The number of allylic oxidation sites excluding steroid dienone is 3. The van der Waals surface area contributed by atoms with E-state index in [-0.39, 0.29) is 24.3 Å². The lowest BCUT2D eigenvalue weighted by atomic mass is 10.2. The van der Waals surface area contributed by atoms with Crippen LogP contribution in [0.2, 0.25) is 0 Å². The highest BCUT2D eigenvalue weighted by molar-refractivity contribution is 5.80. The van der Waals surface area contributed by atoms with Crippen molar-refractivity contribution in [3.05, 3.63) is 87.2 Å². The number of nitrogens with one attached hydrogen (secondary N) is 1. The Kier molecular flexibility index (Phi) is 5.21. The smallest absolute Gasteiger partial charge is 0.276 e. The van der Waals surface area contributed by atoms with Crippen LogP contribution < -0.4 is 15.9 Å². The van der Waals surface area contributed by atoms with Crippen LogP contribution in [-0.2, 0) is 20.2 Å². The molecule has 138 valence electrons. The van der Waals surface area contributed by atoms with Crippen LogP contribution in [0.5, 0.6) is 5.75 Å². The first kappa shape index (κ1) is 18.2. The first-order valence-electron chi connectivity index (χ1n) is 8.32. The molecule has 0 bridgehead atoms. The summed E-state index contributed by atoms with van der Waals surface area (Å²) in [5.74, 6) is 0.643. The molecule has 3 rings (SSSR count). The number of aryl methyl sites for hydroxylation is 1. The second-order valence-electron chi connectivity index (χ2n) is 5.93. The minimum atomic E-state index is -0.269. The minimum Gasteiger partial charge on any atom is -0.487 e. The number of nitrogens with zero attached hydrogens (tertiary/aromatic N) is 3. The van der Waals surface area contributed by atoms with Crippen LogP contribution in [-0.4, -0.2) is 21.1 Å². The van der Waals surface area contributed by atoms with Gasteiger partial charge in [-0.15, -0.1) is 0 Å². The molecule has 0 amide bonds. The van der Waals surface area contributed by atoms with E-state index in [2.05, 4.69) is 23.4 Å². The number of hydrogen-bond donors (Lipinski definition) is 1. The van der Waals surface area contributed by atoms with E-state index in [1.807, 2.05) is 30.3 Å². The Hall–Kier alpha value is -3.61. The topological polar surface area (TPSA) is 81.4 Å². The Labute approximate surface area is 155 Å². The third-order valence-electron chi connectivity index (χ3n) is 4.18. The van der Waals surface area contributed by atoms with Gasteiger partial charge in [-0.05, 0) is 24.9 Å². The molecule has 7 heteroatoms. The van der Waals surface area contributed by atoms with E-state index in [0.717, 1.165) is 0 Å². The molecule has 0 saturated carbocycles. The molecule has 7 nitrogen and oxygen atoms in total. The number of pyridine rings is 1. The van der Waals surface area contributed by atoms with Crippen molar-refractivity contribution in [3.63, 3.8) is 0 Å². The summed E-state index contributed by atoms with van der Waals surface area (Å²) in [7, 11) is 1.60. The van der Waals surface area contributed by atoms with E-state index in [4.69, 9.17) is 4.74 Å². The molecule has 27 heavy (non-hydrogen) atoms. The number of aliphatic imine (C=N–C) groups is 1. The first-order valence-corrected chi connectivity index (χ1v) is 8.32. The van der Waals surface area contributed by atoms with Gasteiger partial charge in [0.2, 0.25) is 0 Å². The molecule has 3 aromatic rings. The Balaban J connectivity index is 2.16. The predicted octanol–water partition coefficient (Wildman–Crippen LogP) is 2.38. The van der Waals surface area contributed by atoms with Gasteiger partial charge >= 0.3 is 0 Å². The van der Waals surface area contributed by atoms with Crippen molar-refractivity contribution in [2.45, 2.75) is 13.2 Å². The molecule has 0 saturated heterocycles. The van der Waals surface area contributed by atoms with Crippen LogP contribution in [0.4, 0.5) is 0 Å². The van der Waals surface area contributed by atoms with E-state index < -0.39 is 0 Å². The van der Waals surface area contributed by atoms with Crippen LogP contribution in [0.3, 0.4) is 0 Å². The Morgan fingerprint density at radius 3 is 2.70 bits per heavy atom. The number of hydrogen-bond acceptors (Lipinski definition) is 4. The van der Waals surface area contributed by atoms with Gasteiger partial charge in [0.05, 0.1) is 28.8 Å². The number of para-hydroxylation sites is 1. The van der Waals surface area contributed by atoms with Crippen molar-refractivity contribution >= 4 is 17.6 Å². The summed E-state index contributed by atoms with van der Waals surface area (Å²) < 4.78 is 8.64. The van der Waals surface area contributed by atoms with Crippen LogP contribution in [0.15, 0.2) is 75.4 Å². The number of aromatic nitrogens is 3. The third-order valence-corrected chi connectivity index (χ3v) is 4.18. The zero-order chi connectivity index (χ0) is 19.4. The number of fused-ring (bicyclic) bond motifs is 1. The first-order chi connectivity index (χ1) is 13.0. The van der Waals surface area contributed by atoms with Gasteiger partial charge in [0.25, 0.3) is 11.1 Å². The molecule has 0 aliphatic carbocycles. The lowest BCUT2D eigenvalue weighted by molar-refractivity contribution is 0.295. The summed E-state index contributed by atoms with van der Waals surface area (Å²) in [6.45, 7) is 7.39. The third kappa shape index (κ3) is 3.67. The zero-order valence-electron chi connectivity index (χ0n) is 15.0. The van der Waals surface area contributed by atoms with Crippen LogP contribution in [0.1, 0.15) is 5.69 Å². The summed E-state index contributed by atoms with van der Waals surface area (Å²) >= 11 is 0. The van der Waals surface area contributed by atoms with Crippen LogP contribution in [0, 0.1) is 0 Å². The highest BCUT2D eigenvalue weighted by Crippen LogP contribution is 2.17. The van der Waals surface area contributed by atoms with Crippen LogP contribution >= 0.6 is 0 Å². The van der Waals surface area contributed by atoms with Crippen molar-refractivity contribution < 1.29 is 4.74 Å². The number of benzene rings is 1. The molecule has 0 aliphatic rings. The monoisotopic (exact) mass is 364 g/mol. The number of H-pyrrole nitrogens is 1. The lowest BCUT2D eigenvalue weighted by Gasteiger charge is -2.14. The standard InChI is InChI=1S/C20H20N4O3/c1-4-8-14(21-2)12-24-17(13-27-15-9-6-5-7-10-15)19-16(11-18(24)25)22-23(3)20(19)26/h4-11,22H,1-2,12-13H2,3H3/b14-8-. The van der Waals surface area contributed by atoms with E-state index in [0.29, 0.717) is 28.0 Å². The van der Waals surface area contributed by atoms with Gasteiger partial charge in [0.15, 0.2) is 0 Å². The molecule has 2 aromatic heterocycles. The fourth-order valence-corrected chi connectivity index (χ4v) is 2.87. The van der Waals surface area contributed by atoms with Gasteiger partial charge in [0.1, 0.15) is 12.4 Å². The van der Waals surface area contributed by atoms with Gasteiger partial charge < -0.3 is 9.30 Å². The van der Waals surface area contributed by atoms with Crippen molar-refractivity contribution in [1.29, 1.82) is 0 Å². The second kappa shape index (κ2) is 7.74. The second-order valence-corrected chi connectivity index (χ2v) is 5.93. The molecular formula is C20H20N4O3. The Morgan fingerprint density at radius 1 is 1.30 bits per heavy atom. The molecule has 0 spiro atoms. The Bertz CT molecular complexity index is 1130. The number of rotatable bonds is 7. The maximum absolute atomic E-state index is 12.7. The van der Waals surface area contributed by atoms with Gasteiger partial charge in [0, 0.05) is 13.1 Å². The van der Waals surface area contributed by atoms with E-state index in [9.17, 15) is 9.59 Å². The predicted molar refractivity (Wildman–Crippen MR) is 106 cm³/mol. The highest BCUT2D eigenvalue weighted by Gasteiger charge is 2.17. The maximum Gasteiger partial charge on any atom is 0.276 e. The lowest BCUT2D eigenvalue weighted by Crippen LogP contribution is -2.26. The molecule has 0 radical (unpaired) electrons. The normalized spacial score (nSPS) is 11.5. The van der Waals surface area contributed by atoms with Crippen molar-refractivity contribution in [2.75, 3.05) is 0 Å². The Morgan fingerprint density at radius 2 is 2.04 bits per heavy atom. The molecule has 1 N–H and O–H groups in total. The quantitative estimate of drug-likeness (QED) is 0.516. The van der Waals surface area contributed by atoms with E-state index >= 15 is 0 Å². The molecular weight excluding hydrogens is 344 g/mol. The fraction of sp³-hybridized carbons (Fsp3) is 0.150. The van der Waals surface area contributed by atoms with Crippen LogP contribution in [0.25, 0.3) is 10.9 Å². The molecule has 0 atom stereocenters. The molecule has 1 aromatic carbocycles. The maximum atomic E-state index is 12.7. The van der Waals surface area contributed by atoms with Gasteiger partial charge in [-0.1, -0.05) is 30.9 Å². The zero-order valence-corrected chi connectivity index (χ0v) is 15.0.